The molecule has 0 aromatic heterocycles. The SMILES string of the molecule is C#CCOCCOCCO[C@]1(C(=O)O)C[C@H](O)[C@@H](NC(=O)CO)[C@H]([C@H](O)[C@H](O)CNC(=O)Cc2cc(Cl)cc(OCOC)c2)O1. The van der Waals surface area contributed by atoms with Crippen LogP contribution in [-0.4, -0.2) is 140 Å². The second-order valence-corrected chi connectivity index (χ2v) is 10.2. The smallest absolute Gasteiger partial charge is 0.364 e. The second-order valence-electron chi connectivity index (χ2n) is 9.77. The van der Waals surface area contributed by atoms with Gasteiger partial charge in [0.2, 0.25) is 11.8 Å². The van der Waals surface area contributed by atoms with Gasteiger partial charge in [0.1, 0.15) is 31.2 Å². The monoisotopic (exact) mass is 662 g/mol. The van der Waals surface area contributed by atoms with E-state index >= 15 is 0 Å². The topological polar surface area (TPSA) is 232 Å². The molecule has 1 aromatic carbocycles. The standard InChI is InChI=1S/C28H39ClN2O14/c1-3-4-41-5-6-42-7-8-44-28(27(38)39)13-20(33)24(31-23(36)15-32)26(45-28)25(37)21(34)14-30-22(35)11-17-9-18(29)12-19(10-17)43-16-40-2/h1,9-10,12,20-21,24-26,32-34,37H,4-8,11,13-16H2,2H3,(H,30,35)(H,31,36)(H,38,39)/t20-,21+,24+,25+,26+,28+/m0/s1. The molecule has 45 heavy (non-hydrogen) atoms. The fraction of sp³-hybridized carbons (Fsp3) is 0.607. The molecule has 0 bridgehead atoms. The molecule has 2 amide bonds. The molecular formula is C28H39ClN2O14. The van der Waals surface area contributed by atoms with Crippen LogP contribution in [0.1, 0.15) is 12.0 Å². The fourth-order valence-corrected chi connectivity index (χ4v) is 4.55. The maximum Gasteiger partial charge on any atom is 0.364 e. The van der Waals surface area contributed by atoms with Crippen molar-refractivity contribution in [1.82, 2.24) is 10.6 Å². The van der Waals surface area contributed by atoms with Crippen molar-refractivity contribution < 1.29 is 68.3 Å². The number of halogens is 1. The van der Waals surface area contributed by atoms with E-state index < -0.39 is 73.6 Å². The summed E-state index contributed by atoms with van der Waals surface area (Å²) in [5.74, 6) is -3.09. The van der Waals surface area contributed by atoms with Crippen LogP contribution in [0, 0.1) is 12.3 Å². The fourth-order valence-electron chi connectivity index (χ4n) is 4.30. The maximum absolute atomic E-state index is 12.6. The summed E-state index contributed by atoms with van der Waals surface area (Å²) in [4.78, 5) is 36.8. The molecule has 0 spiro atoms. The van der Waals surface area contributed by atoms with Crippen LogP contribution in [0.4, 0.5) is 0 Å². The Morgan fingerprint density at radius 2 is 1.87 bits per heavy atom. The summed E-state index contributed by atoms with van der Waals surface area (Å²) in [5, 5.41) is 56.7. The molecule has 0 unspecified atom stereocenters. The lowest BCUT2D eigenvalue weighted by Gasteiger charge is -2.46. The number of carbonyl (C=O) groups is 3. The summed E-state index contributed by atoms with van der Waals surface area (Å²) in [6, 6.07) is 3.13. The van der Waals surface area contributed by atoms with Crippen molar-refractivity contribution >= 4 is 29.4 Å². The van der Waals surface area contributed by atoms with Gasteiger partial charge in [-0.2, -0.15) is 0 Å². The van der Waals surface area contributed by atoms with Gasteiger partial charge in [0, 0.05) is 25.1 Å². The van der Waals surface area contributed by atoms with Crippen molar-refractivity contribution in [2.75, 3.05) is 60.1 Å². The van der Waals surface area contributed by atoms with Crippen molar-refractivity contribution in [2.24, 2.45) is 0 Å². The van der Waals surface area contributed by atoms with Gasteiger partial charge >= 0.3 is 5.97 Å². The predicted molar refractivity (Wildman–Crippen MR) is 154 cm³/mol. The second kappa shape index (κ2) is 19.4. The summed E-state index contributed by atoms with van der Waals surface area (Å²) in [7, 11) is 1.44. The van der Waals surface area contributed by atoms with Gasteiger partial charge in [-0.3, -0.25) is 9.59 Å². The Labute approximate surface area is 264 Å². The van der Waals surface area contributed by atoms with Crippen molar-refractivity contribution in [3.05, 3.63) is 28.8 Å². The minimum Gasteiger partial charge on any atom is -0.477 e. The zero-order valence-electron chi connectivity index (χ0n) is 24.6. The van der Waals surface area contributed by atoms with Gasteiger partial charge in [0.25, 0.3) is 5.79 Å². The number of nitrogens with one attached hydrogen (secondary N) is 2. The third-order valence-electron chi connectivity index (χ3n) is 6.37. The Balaban J connectivity index is 2.09. The average Bonchev–Trinajstić information content (AvgIpc) is 3.00. The number of hydrogen-bond donors (Lipinski definition) is 7. The van der Waals surface area contributed by atoms with Gasteiger partial charge in [-0.25, -0.2) is 4.79 Å². The van der Waals surface area contributed by atoms with Gasteiger partial charge in [-0.05, 0) is 23.8 Å². The number of aliphatic hydroxyl groups is 4. The highest BCUT2D eigenvalue weighted by molar-refractivity contribution is 6.30. The Kier molecular flexibility index (Phi) is 16.5. The van der Waals surface area contributed by atoms with Gasteiger partial charge in [-0.1, -0.05) is 17.5 Å². The number of aliphatic carboxylic acids is 1. The van der Waals surface area contributed by atoms with Crippen LogP contribution in [0.25, 0.3) is 0 Å². The van der Waals surface area contributed by atoms with E-state index in [2.05, 4.69) is 16.6 Å². The molecule has 6 atom stereocenters. The number of carbonyl (C=O) groups excluding carboxylic acids is 2. The molecule has 0 radical (unpaired) electrons. The van der Waals surface area contributed by atoms with E-state index in [1.54, 1.807) is 6.07 Å². The summed E-state index contributed by atoms with van der Waals surface area (Å²) >= 11 is 6.08. The molecule has 252 valence electrons. The lowest BCUT2D eigenvalue weighted by molar-refractivity contribution is -0.312. The number of ether oxygens (including phenoxy) is 6. The minimum atomic E-state index is -2.52. The molecular weight excluding hydrogens is 624 g/mol. The molecule has 0 saturated carbocycles. The van der Waals surface area contributed by atoms with E-state index in [1.165, 1.54) is 19.2 Å². The molecule has 1 fully saturated rings. The zero-order chi connectivity index (χ0) is 33.4. The van der Waals surface area contributed by atoms with Gasteiger partial charge in [0.05, 0.1) is 51.1 Å². The van der Waals surface area contributed by atoms with Gasteiger partial charge < -0.3 is 64.6 Å². The van der Waals surface area contributed by atoms with Crippen molar-refractivity contribution in [2.45, 2.75) is 49.1 Å². The van der Waals surface area contributed by atoms with E-state index in [9.17, 15) is 39.9 Å². The van der Waals surface area contributed by atoms with Crippen LogP contribution in [-0.2, 0) is 44.5 Å². The Hall–Kier alpha value is -3.08. The predicted octanol–water partition coefficient (Wildman–Crippen LogP) is -2.21. The largest absolute Gasteiger partial charge is 0.477 e. The van der Waals surface area contributed by atoms with Crippen LogP contribution in [0.2, 0.25) is 5.02 Å². The Morgan fingerprint density at radius 1 is 1.16 bits per heavy atom. The van der Waals surface area contributed by atoms with Crippen LogP contribution in [0.3, 0.4) is 0 Å². The summed E-state index contributed by atoms with van der Waals surface area (Å²) in [6.45, 7) is -1.61. The number of methoxy groups -OCH3 is 1. The zero-order valence-corrected chi connectivity index (χ0v) is 25.3. The molecule has 1 saturated heterocycles. The van der Waals surface area contributed by atoms with Gasteiger partial charge in [-0.15, -0.1) is 6.42 Å². The number of rotatable bonds is 20. The summed E-state index contributed by atoms with van der Waals surface area (Å²) < 4.78 is 31.6. The van der Waals surface area contributed by atoms with Crippen LogP contribution in [0.15, 0.2) is 18.2 Å². The number of terminal acetylenes is 1. The first kappa shape index (κ1) is 38.1. The average molecular weight is 663 g/mol. The first-order valence-corrected chi connectivity index (χ1v) is 14.1. The first-order valence-electron chi connectivity index (χ1n) is 13.7. The lowest BCUT2D eigenvalue weighted by atomic mass is 9.88. The number of carboxylic acid groups (broad SMARTS) is 1. The normalized spacial score (nSPS) is 22.6. The maximum atomic E-state index is 12.6. The van der Waals surface area contributed by atoms with E-state index in [0.717, 1.165) is 0 Å². The number of aliphatic hydroxyl groups excluding tert-OH is 4. The van der Waals surface area contributed by atoms with Crippen molar-refractivity contribution in [3.63, 3.8) is 0 Å². The number of benzene rings is 1. The molecule has 1 aliphatic heterocycles. The third-order valence-corrected chi connectivity index (χ3v) is 6.59. The summed E-state index contributed by atoms with van der Waals surface area (Å²) in [6.07, 6.45) is -3.02. The van der Waals surface area contributed by atoms with E-state index in [0.29, 0.717) is 16.3 Å². The van der Waals surface area contributed by atoms with E-state index in [4.69, 9.17) is 46.4 Å². The number of hydrogen-bond acceptors (Lipinski definition) is 13. The molecule has 16 nitrogen and oxygen atoms in total. The lowest BCUT2D eigenvalue weighted by Crippen LogP contribution is -2.68. The highest BCUT2D eigenvalue weighted by atomic mass is 35.5. The van der Waals surface area contributed by atoms with E-state index in [-0.39, 0.29) is 46.2 Å². The molecule has 17 heteroatoms. The highest BCUT2D eigenvalue weighted by Gasteiger charge is 2.55. The summed E-state index contributed by atoms with van der Waals surface area (Å²) in [5.41, 5.74) is 0.471. The minimum absolute atomic E-state index is 0.0428. The molecule has 2 rings (SSSR count). The third kappa shape index (κ3) is 12.3. The Morgan fingerprint density at radius 3 is 2.53 bits per heavy atom. The number of carboxylic acids is 1. The highest BCUT2D eigenvalue weighted by Crippen LogP contribution is 2.33. The van der Waals surface area contributed by atoms with Crippen molar-refractivity contribution in [1.29, 1.82) is 0 Å². The van der Waals surface area contributed by atoms with Crippen LogP contribution in [0.5, 0.6) is 5.75 Å². The molecule has 0 aliphatic carbocycles. The number of amides is 2. The van der Waals surface area contributed by atoms with Crippen LogP contribution < -0.4 is 15.4 Å². The first-order chi connectivity index (χ1) is 21.5. The Bertz CT molecular complexity index is 1150. The molecule has 1 heterocycles. The van der Waals surface area contributed by atoms with Crippen LogP contribution >= 0.6 is 11.6 Å². The molecule has 1 aromatic rings. The van der Waals surface area contributed by atoms with E-state index in [1.807, 2.05) is 0 Å². The van der Waals surface area contributed by atoms with Gasteiger partial charge in [0.15, 0.2) is 6.79 Å². The quantitative estimate of drug-likeness (QED) is 0.0446. The van der Waals surface area contributed by atoms with Crippen molar-refractivity contribution in [3.8, 4) is 18.1 Å². The molecule has 7 N–H and O–H groups in total. The molecule has 1 aliphatic rings.